The van der Waals surface area contributed by atoms with Gasteiger partial charge in [-0.2, -0.15) is 0 Å². The van der Waals surface area contributed by atoms with Gasteiger partial charge in [0.05, 0.1) is 0 Å². The molecule has 0 fully saturated rings. The Kier molecular flexibility index (Phi) is 5.60. The van der Waals surface area contributed by atoms with Crippen molar-refractivity contribution in [2.24, 2.45) is 5.41 Å². The third-order valence-electron chi connectivity index (χ3n) is 2.80. The van der Waals surface area contributed by atoms with Crippen LogP contribution in [0, 0.1) is 5.41 Å². The number of aromatic nitrogens is 1. The highest BCUT2D eigenvalue weighted by Crippen LogP contribution is 2.26. The summed E-state index contributed by atoms with van der Waals surface area (Å²) >= 11 is 3.47. The molecule has 1 heterocycles. The van der Waals surface area contributed by atoms with Crippen molar-refractivity contribution in [1.29, 1.82) is 0 Å². The molecule has 0 spiro atoms. The van der Waals surface area contributed by atoms with Gasteiger partial charge in [-0.25, -0.2) is 0 Å². The van der Waals surface area contributed by atoms with Crippen LogP contribution < -0.4 is 5.32 Å². The van der Waals surface area contributed by atoms with E-state index in [1.165, 1.54) is 12.0 Å². The van der Waals surface area contributed by atoms with Gasteiger partial charge in [0.25, 0.3) is 0 Å². The van der Waals surface area contributed by atoms with Crippen molar-refractivity contribution >= 4 is 15.9 Å². The summed E-state index contributed by atoms with van der Waals surface area (Å²) < 4.78 is 1.06. The second-order valence-electron chi connectivity index (χ2n) is 5.71. The Morgan fingerprint density at radius 2 is 2.06 bits per heavy atom. The normalized spacial score (nSPS) is 12.1. The maximum atomic E-state index is 4.21. The third kappa shape index (κ3) is 6.18. The van der Waals surface area contributed by atoms with Gasteiger partial charge in [0.2, 0.25) is 0 Å². The summed E-state index contributed by atoms with van der Waals surface area (Å²) in [5.41, 5.74) is 1.61. The lowest BCUT2D eigenvalue weighted by molar-refractivity contribution is 0.320. The van der Waals surface area contributed by atoms with Crippen LogP contribution in [0.1, 0.15) is 39.7 Å². The minimum atomic E-state index is 0.310. The van der Waals surface area contributed by atoms with Crippen molar-refractivity contribution in [2.45, 2.75) is 46.6 Å². The lowest BCUT2D eigenvalue weighted by Gasteiger charge is -2.25. The van der Waals surface area contributed by atoms with Crippen molar-refractivity contribution in [3.8, 4) is 0 Å². The van der Waals surface area contributed by atoms with Crippen LogP contribution in [0.3, 0.4) is 0 Å². The molecule has 3 heteroatoms. The van der Waals surface area contributed by atoms with Crippen LogP contribution in [0.25, 0.3) is 0 Å². The molecule has 0 saturated heterocycles. The highest BCUT2D eigenvalue weighted by molar-refractivity contribution is 9.10. The Labute approximate surface area is 113 Å². The number of nitrogens with zero attached hydrogens (tertiary/aromatic N) is 1. The average Bonchev–Trinajstić information content (AvgIpc) is 2.15. The average molecular weight is 299 g/mol. The number of hydrogen-bond donors (Lipinski definition) is 1. The lowest BCUT2D eigenvalue weighted by Crippen LogP contribution is -2.28. The first kappa shape index (κ1) is 14.7. The van der Waals surface area contributed by atoms with Gasteiger partial charge in [0.1, 0.15) is 0 Å². The smallest absolute Gasteiger partial charge is 0.0410 e. The molecule has 0 unspecified atom stereocenters. The molecule has 1 N–H and O–H groups in total. The van der Waals surface area contributed by atoms with Gasteiger partial charge in [-0.15, -0.1) is 0 Å². The van der Waals surface area contributed by atoms with Gasteiger partial charge >= 0.3 is 0 Å². The molecule has 0 aliphatic rings. The SMILES string of the molecule is CC(C)NCCC(C)(C)Cc1cncc(Br)c1. The van der Waals surface area contributed by atoms with E-state index < -0.39 is 0 Å². The maximum Gasteiger partial charge on any atom is 0.0410 e. The zero-order chi connectivity index (χ0) is 12.9. The van der Waals surface area contributed by atoms with E-state index in [2.05, 4.69) is 60.0 Å². The van der Waals surface area contributed by atoms with Crippen LogP contribution in [0.5, 0.6) is 0 Å². The monoisotopic (exact) mass is 298 g/mol. The van der Waals surface area contributed by atoms with Crippen LogP contribution in [-0.4, -0.2) is 17.6 Å². The summed E-state index contributed by atoms with van der Waals surface area (Å²) in [5, 5.41) is 3.47. The Balaban J connectivity index is 2.48. The summed E-state index contributed by atoms with van der Waals surface area (Å²) in [6.45, 7) is 10.1. The van der Waals surface area contributed by atoms with Gasteiger partial charge < -0.3 is 5.32 Å². The van der Waals surface area contributed by atoms with E-state index in [-0.39, 0.29) is 0 Å². The van der Waals surface area contributed by atoms with Crippen molar-refractivity contribution in [3.05, 3.63) is 28.5 Å². The zero-order valence-electron chi connectivity index (χ0n) is 11.3. The van der Waals surface area contributed by atoms with Crippen LogP contribution in [0.2, 0.25) is 0 Å². The molecule has 2 nitrogen and oxygen atoms in total. The number of halogens is 1. The van der Waals surface area contributed by atoms with Gasteiger partial charge in [-0.05, 0) is 52.4 Å². The van der Waals surface area contributed by atoms with E-state index >= 15 is 0 Å². The fourth-order valence-corrected chi connectivity index (χ4v) is 2.30. The quantitative estimate of drug-likeness (QED) is 0.864. The minimum Gasteiger partial charge on any atom is -0.315 e. The fraction of sp³-hybridized carbons (Fsp3) is 0.643. The summed E-state index contributed by atoms with van der Waals surface area (Å²) in [5.74, 6) is 0. The molecule has 0 aliphatic carbocycles. The molecule has 96 valence electrons. The Hall–Kier alpha value is -0.410. The lowest BCUT2D eigenvalue weighted by atomic mass is 9.83. The summed E-state index contributed by atoms with van der Waals surface area (Å²) in [6, 6.07) is 2.73. The molecule has 1 aromatic rings. The second kappa shape index (κ2) is 6.50. The first-order valence-corrected chi connectivity index (χ1v) is 7.01. The Morgan fingerprint density at radius 3 is 2.65 bits per heavy atom. The van der Waals surface area contributed by atoms with Gasteiger partial charge in [0.15, 0.2) is 0 Å². The second-order valence-corrected chi connectivity index (χ2v) is 6.63. The van der Waals surface area contributed by atoms with Crippen molar-refractivity contribution < 1.29 is 0 Å². The van der Waals surface area contributed by atoms with Crippen molar-refractivity contribution in [2.75, 3.05) is 6.54 Å². The van der Waals surface area contributed by atoms with Gasteiger partial charge in [-0.3, -0.25) is 4.98 Å². The van der Waals surface area contributed by atoms with Gasteiger partial charge in [-0.1, -0.05) is 27.7 Å². The number of pyridine rings is 1. The highest BCUT2D eigenvalue weighted by atomic mass is 79.9. The minimum absolute atomic E-state index is 0.310. The molecule has 1 aromatic heterocycles. The number of rotatable bonds is 6. The summed E-state index contributed by atoms with van der Waals surface area (Å²) in [7, 11) is 0. The van der Waals surface area contributed by atoms with E-state index in [1.54, 1.807) is 0 Å². The first-order chi connectivity index (χ1) is 7.89. The molecule has 0 saturated carbocycles. The van der Waals surface area contributed by atoms with Crippen molar-refractivity contribution in [1.82, 2.24) is 10.3 Å². The van der Waals surface area contributed by atoms with Crippen LogP contribution >= 0.6 is 15.9 Å². The van der Waals surface area contributed by atoms with Gasteiger partial charge in [0, 0.05) is 22.9 Å². The van der Waals surface area contributed by atoms with Crippen LogP contribution in [0.15, 0.2) is 22.9 Å². The fourth-order valence-electron chi connectivity index (χ4n) is 1.89. The molecule has 0 atom stereocenters. The molecule has 1 rings (SSSR count). The third-order valence-corrected chi connectivity index (χ3v) is 3.23. The van der Waals surface area contributed by atoms with E-state index in [1.807, 2.05) is 12.4 Å². The molecule has 17 heavy (non-hydrogen) atoms. The molecule has 0 aromatic carbocycles. The molecule has 0 radical (unpaired) electrons. The predicted octanol–water partition coefficient (Wildman–Crippen LogP) is 3.80. The standard InChI is InChI=1S/C14H23BrN2/c1-11(2)17-6-5-14(3,4)8-12-7-13(15)10-16-9-12/h7,9-11,17H,5-6,8H2,1-4H3. The Bertz CT molecular complexity index is 348. The van der Waals surface area contributed by atoms with E-state index in [0.29, 0.717) is 11.5 Å². The van der Waals surface area contributed by atoms with E-state index in [4.69, 9.17) is 0 Å². The molecule has 0 bridgehead atoms. The van der Waals surface area contributed by atoms with Crippen molar-refractivity contribution in [3.63, 3.8) is 0 Å². The first-order valence-electron chi connectivity index (χ1n) is 6.22. The Morgan fingerprint density at radius 1 is 1.35 bits per heavy atom. The summed E-state index contributed by atoms with van der Waals surface area (Å²) in [4.78, 5) is 4.21. The van der Waals surface area contributed by atoms with Crippen LogP contribution in [0.4, 0.5) is 0 Å². The molecular formula is C14H23BrN2. The van der Waals surface area contributed by atoms with E-state index in [9.17, 15) is 0 Å². The largest absolute Gasteiger partial charge is 0.315 e. The number of hydrogen-bond acceptors (Lipinski definition) is 2. The highest BCUT2D eigenvalue weighted by Gasteiger charge is 2.18. The molecule has 0 aliphatic heterocycles. The predicted molar refractivity (Wildman–Crippen MR) is 77.2 cm³/mol. The van der Waals surface area contributed by atoms with E-state index in [0.717, 1.165) is 17.4 Å². The maximum absolute atomic E-state index is 4.21. The molecule has 0 amide bonds. The summed E-state index contributed by atoms with van der Waals surface area (Å²) in [6.07, 6.45) is 6.04. The molecular weight excluding hydrogens is 276 g/mol. The van der Waals surface area contributed by atoms with Crippen LogP contribution in [-0.2, 0) is 6.42 Å². The number of nitrogens with one attached hydrogen (secondary N) is 1. The topological polar surface area (TPSA) is 24.9 Å². The zero-order valence-corrected chi connectivity index (χ0v) is 12.8.